The molecule has 0 saturated heterocycles. The Bertz CT molecular complexity index is 909. The lowest BCUT2D eigenvalue weighted by Gasteiger charge is -2.34. The van der Waals surface area contributed by atoms with Gasteiger partial charge in [0.25, 0.3) is 10.0 Å². The van der Waals surface area contributed by atoms with Gasteiger partial charge in [0.05, 0.1) is 7.11 Å². The van der Waals surface area contributed by atoms with E-state index >= 15 is 0 Å². The molecule has 1 amide bonds. The van der Waals surface area contributed by atoms with Crippen LogP contribution in [0.3, 0.4) is 0 Å². The first-order chi connectivity index (χ1) is 12.4. The number of ether oxygens (including phenoxy) is 1. The molecule has 138 valence electrons. The van der Waals surface area contributed by atoms with Gasteiger partial charge in [-0.1, -0.05) is 30.3 Å². The van der Waals surface area contributed by atoms with Crippen molar-refractivity contribution >= 4 is 33.2 Å². The number of hydrogen-bond donors (Lipinski definition) is 1. The van der Waals surface area contributed by atoms with Crippen molar-refractivity contribution in [2.45, 2.75) is 23.2 Å². The molecule has 0 saturated carbocycles. The Morgan fingerprint density at radius 1 is 1.23 bits per heavy atom. The molecule has 0 unspecified atom stereocenters. The van der Waals surface area contributed by atoms with E-state index in [0.29, 0.717) is 0 Å². The molecule has 0 aliphatic carbocycles. The predicted octanol–water partition coefficient (Wildman–Crippen LogP) is 1.15. The lowest BCUT2D eigenvalue weighted by molar-refractivity contribution is -0.141. The number of carbonyl (C=O) groups excluding carboxylic acids is 2. The van der Waals surface area contributed by atoms with E-state index in [2.05, 4.69) is 10.1 Å². The van der Waals surface area contributed by atoms with Gasteiger partial charge in [0.1, 0.15) is 16.8 Å². The van der Waals surface area contributed by atoms with Crippen LogP contribution in [-0.4, -0.2) is 44.3 Å². The van der Waals surface area contributed by atoms with E-state index in [-0.39, 0.29) is 23.7 Å². The number of carbonyl (C=O) groups is 2. The van der Waals surface area contributed by atoms with Crippen molar-refractivity contribution in [3.8, 4) is 0 Å². The molecule has 1 atom stereocenters. The quantitative estimate of drug-likeness (QED) is 0.768. The number of thiophene rings is 1. The highest BCUT2D eigenvalue weighted by Crippen LogP contribution is 2.30. The molecule has 0 spiro atoms. The van der Waals surface area contributed by atoms with Crippen molar-refractivity contribution in [2.24, 2.45) is 0 Å². The summed E-state index contributed by atoms with van der Waals surface area (Å²) in [6.07, 6.45) is 0.244. The Balaban J connectivity index is 1.93. The smallest absolute Gasteiger partial charge is 0.325 e. The predicted molar refractivity (Wildman–Crippen MR) is 96.0 cm³/mol. The molecule has 1 N–H and O–H groups in total. The molecule has 7 nitrogen and oxygen atoms in total. The minimum atomic E-state index is -3.82. The van der Waals surface area contributed by atoms with Gasteiger partial charge in [-0.15, -0.1) is 11.3 Å². The lowest BCUT2D eigenvalue weighted by atomic mass is 9.95. The second-order valence-corrected chi connectivity index (χ2v) is 8.83. The maximum absolute atomic E-state index is 13.0. The topological polar surface area (TPSA) is 92.8 Å². The Kier molecular flexibility index (Phi) is 5.40. The fourth-order valence-electron chi connectivity index (χ4n) is 2.85. The van der Waals surface area contributed by atoms with Gasteiger partial charge in [-0.25, -0.2) is 8.42 Å². The molecule has 0 radical (unpaired) electrons. The van der Waals surface area contributed by atoms with E-state index in [0.717, 1.165) is 22.5 Å². The Morgan fingerprint density at radius 3 is 2.62 bits per heavy atom. The maximum atomic E-state index is 13.0. The summed E-state index contributed by atoms with van der Waals surface area (Å²) in [5.74, 6) is -1.12. The average molecular weight is 394 g/mol. The second kappa shape index (κ2) is 7.56. The highest BCUT2D eigenvalue weighted by Gasteiger charge is 2.40. The summed E-state index contributed by atoms with van der Waals surface area (Å²) in [6.45, 7) is -0.201. The summed E-state index contributed by atoms with van der Waals surface area (Å²) in [5, 5.41) is 4.14. The van der Waals surface area contributed by atoms with Gasteiger partial charge in [0.2, 0.25) is 5.91 Å². The van der Waals surface area contributed by atoms with E-state index < -0.39 is 27.9 Å². The molecule has 1 aliphatic rings. The third kappa shape index (κ3) is 3.64. The third-order valence-electron chi connectivity index (χ3n) is 4.20. The van der Waals surface area contributed by atoms with E-state index in [4.69, 9.17) is 0 Å². The first-order valence-corrected chi connectivity index (χ1v) is 10.2. The molecule has 26 heavy (non-hydrogen) atoms. The summed E-state index contributed by atoms with van der Waals surface area (Å²) in [5.41, 5.74) is 1.79. The highest BCUT2D eigenvalue weighted by atomic mass is 32.2. The number of rotatable bonds is 5. The molecule has 3 rings (SSSR count). The van der Waals surface area contributed by atoms with Crippen LogP contribution in [0.1, 0.15) is 11.1 Å². The van der Waals surface area contributed by atoms with Gasteiger partial charge < -0.3 is 10.1 Å². The van der Waals surface area contributed by atoms with Crippen LogP contribution in [0.5, 0.6) is 0 Å². The molecule has 0 bridgehead atoms. The van der Waals surface area contributed by atoms with Gasteiger partial charge in [0, 0.05) is 6.54 Å². The van der Waals surface area contributed by atoms with Crippen LogP contribution in [0.25, 0.3) is 0 Å². The number of fused-ring (bicyclic) bond motifs is 1. The number of nitrogens with one attached hydrogen (secondary N) is 1. The Hall–Kier alpha value is -2.23. The first kappa shape index (κ1) is 18.6. The standard InChI is InChI=1S/C17H18N2O5S2/c1-24-15(20)10-18-17(21)14-9-12-5-2-3-6-13(12)11-19(14)26(22,23)16-7-4-8-25-16/h2-8,14H,9-11H2,1H3,(H,18,21)/t14-/m1/s1. The number of sulfonamides is 1. The second-order valence-electron chi connectivity index (χ2n) is 5.76. The van der Waals surface area contributed by atoms with E-state index in [1.54, 1.807) is 11.4 Å². The Labute approximate surface area is 155 Å². The van der Waals surface area contributed by atoms with Crippen molar-refractivity contribution in [3.63, 3.8) is 0 Å². The zero-order valence-corrected chi connectivity index (χ0v) is 15.7. The summed E-state index contributed by atoms with van der Waals surface area (Å²) in [7, 11) is -2.60. The van der Waals surface area contributed by atoms with Crippen molar-refractivity contribution in [1.82, 2.24) is 9.62 Å². The molecule has 2 heterocycles. The summed E-state index contributed by atoms with van der Waals surface area (Å²) < 4.78 is 32.0. The number of nitrogens with zero attached hydrogens (tertiary/aromatic N) is 1. The molecular weight excluding hydrogens is 376 g/mol. The third-order valence-corrected chi connectivity index (χ3v) is 7.43. The van der Waals surface area contributed by atoms with Gasteiger partial charge in [-0.3, -0.25) is 9.59 Å². The maximum Gasteiger partial charge on any atom is 0.325 e. The normalized spacial score (nSPS) is 17.3. The number of benzene rings is 1. The SMILES string of the molecule is COC(=O)CNC(=O)[C@H]1Cc2ccccc2CN1S(=O)(=O)c1cccs1. The zero-order valence-electron chi connectivity index (χ0n) is 14.0. The minimum absolute atomic E-state index is 0.104. The van der Waals surface area contributed by atoms with Crippen LogP contribution in [0.15, 0.2) is 46.0 Å². The summed E-state index contributed by atoms with van der Waals surface area (Å²) in [6, 6.07) is 9.67. The van der Waals surface area contributed by atoms with Crippen LogP contribution in [0, 0.1) is 0 Å². The number of esters is 1. The molecule has 1 aromatic carbocycles. The molecule has 2 aromatic rings. The zero-order chi connectivity index (χ0) is 18.7. The van der Waals surface area contributed by atoms with E-state index in [1.165, 1.54) is 17.5 Å². The summed E-state index contributed by atoms with van der Waals surface area (Å²) >= 11 is 1.10. The minimum Gasteiger partial charge on any atom is -0.468 e. The van der Waals surface area contributed by atoms with Crippen LogP contribution in [0.4, 0.5) is 0 Å². The van der Waals surface area contributed by atoms with Gasteiger partial charge in [-0.05, 0) is 29.0 Å². The molecular formula is C17H18N2O5S2. The van der Waals surface area contributed by atoms with Gasteiger partial charge in [0.15, 0.2) is 0 Å². The monoisotopic (exact) mass is 394 g/mol. The van der Waals surface area contributed by atoms with E-state index in [1.807, 2.05) is 24.3 Å². The van der Waals surface area contributed by atoms with Crippen LogP contribution >= 0.6 is 11.3 Å². The number of methoxy groups -OCH3 is 1. The van der Waals surface area contributed by atoms with Crippen molar-refractivity contribution in [2.75, 3.05) is 13.7 Å². The molecule has 1 aromatic heterocycles. The largest absolute Gasteiger partial charge is 0.468 e. The Morgan fingerprint density at radius 2 is 1.96 bits per heavy atom. The van der Waals surface area contributed by atoms with Crippen molar-refractivity contribution in [3.05, 3.63) is 52.9 Å². The fraction of sp³-hybridized carbons (Fsp3) is 0.294. The molecule has 0 fully saturated rings. The van der Waals surface area contributed by atoms with Crippen LogP contribution in [0.2, 0.25) is 0 Å². The van der Waals surface area contributed by atoms with Gasteiger partial charge in [-0.2, -0.15) is 4.31 Å². The molecule has 9 heteroatoms. The highest BCUT2D eigenvalue weighted by molar-refractivity contribution is 7.91. The van der Waals surface area contributed by atoms with Crippen LogP contribution in [-0.2, 0) is 37.3 Å². The summed E-state index contributed by atoms with van der Waals surface area (Å²) in [4.78, 5) is 23.9. The van der Waals surface area contributed by atoms with Crippen LogP contribution < -0.4 is 5.32 Å². The molecule has 1 aliphatic heterocycles. The van der Waals surface area contributed by atoms with Crippen molar-refractivity contribution < 1.29 is 22.7 Å². The number of hydrogen-bond acceptors (Lipinski definition) is 6. The van der Waals surface area contributed by atoms with Gasteiger partial charge >= 0.3 is 5.97 Å². The number of amides is 1. The lowest BCUT2D eigenvalue weighted by Crippen LogP contribution is -2.53. The first-order valence-electron chi connectivity index (χ1n) is 7.90. The van der Waals surface area contributed by atoms with Crippen molar-refractivity contribution in [1.29, 1.82) is 0 Å². The van der Waals surface area contributed by atoms with E-state index in [9.17, 15) is 18.0 Å². The fourth-order valence-corrected chi connectivity index (χ4v) is 5.53. The average Bonchev–Trinajstić information content (AvgIpc) is 3.20.